The minimum absolute atomic E-state index is 0.133. The Hall–Kier alpha value is -1.43. The van der Waals surface area contributed by atoms with E-state index in [1.807, 2.05) is 0 Å². The first-order valence-corrected chi connectivity index (χ1v) is 5.17. The summed E-state index contributed by atoms with van der Waals surface area (Å²) in [6, 6.07) is 2.39. The predicted molar refractivity (Wildman–Crippen MR) is 52.5 cm³/mol. The van der Waals surface area contributed by atoms with Gasteiger partial charge in [-0.25, -0.2) is 9.37 Å². The van der Waals surface area contributed by atoms with Crippen LogP contribution in [0.5, 0.6) is 0 Å². The Bertz CT molecular complexity index is 490. The number of halogens is 4. The first-order chi connectivity index (χ1) is 7.47. The van der Waals surface area contributed by atoms with Gasteiger partial charge in [0.15, 0.2) is 0 Å². The lowest BCUT2D eigenvalue weighted by molar-refractivity contribution is -0.137. The van der Waals surface area contributed by atoms with E-state index in [4.69, 9.17) is 0 Å². The van der Waals surface area contributed by atoms with E-state index in [0.717, 1.165) is 12.1 Å². The Morgan fingerprint density at radius 1 is 1.12 bits per heavy atom. The van der Waals surface area contributed by atoms with Gasteiger partial charge >= 0.3 is 6.18 Å². The van der Waals surface area contributed by atoms with Gasteiger partial charge in [0.25, 0.3) is 0 Å². The number of aromatic nitrogens is 1. The third kappa shape index (κ3) is 2.21. The molecule has 0 radical (unpaired) electrons. The molecule has 0 bridgehead atoms. The van der Waals surface area contributed by atoms with E-state index in [2.05, 4.69) is 4.98 Å². The van der Waals surface area contributed by atoms with E-state index >= 15 is 0 Å². The van der Waals surface area contributed by atoms with Crippen molar-refractivity contribution in [1.29, 1.82) is 0 Å². The van der Waals surface area contributed by atoms with E-state index in [-0.39, 0.29) is 5.56 Å². The Balaban J connectivity index is 2.53. The predicted octanol–water partition coefficient (Wildman–Crippen LogP) is 3.97. The largest absolute Gasteiger partial charge is 0.416 e. The topological polar surface area (TPSA) is 12.9 Å². The minimum atomic E-state index is -4.55. The first-order valence-electron chi connectivity index (χ1n) is 4.23. The average Bonchev–Trinajstić information content (AvgIpc) is 2.68. The maximum Gasteiger partial charge on any atom is 0.416 e. The summed E-state index contributed by atoms with van der Waals surface area (Å²) in [6.45, 7) is 0. The summed E-state index contributed by atoms with van der Waals surface area (Å²) in [5, 5.41) is 1.56. The highest BCUT2D eigenvalue weighted by Crippen LogP contribution is 2.32. The van der Waals surface area contributed by atoms with Crippen molar-refractivity contribution >= 4 is 11.3 Å². The number of hydrogen-bond acceptors (Lipinski definition) is 2. The second-order valence-corrected chi connectivity index (χ2v) is 3.82. The van der Waals surface area contributed by atoms with Crippen molar-refractivity contribution in [3.8, 4) is 11.3 Å². The van der Waals surface area contributed by atoms with Gasteiger partial charge in [-0.2, -0.15) is 13.2 Å². The van der Waals surface area contributed by atoms with Crippen LogP contribution in [-0.2, 0) is 6.18 Å². The summed E-state index contributed by atoms with van der Waals surface area (Å²) in [4.78, 5) is 3.84. The molecule has 16 heavy (non-hydrogen) atoms. The zero-order valence-electron chi connectivity index (χ0n) is 7.75. The molecule has 1 aromatic heterocycles. The van der Waals surface area contributed by atoms with Gasteiger partial charge in [-0.3, -0.25) is 0 Å². The molecule has 0 atom stereocenters. The summed E-state index contributed by atoms with van der Waals surface area (Å²) >= 11 is 1.24. The Kier molecular flexibility index (Phi) is 2.67. The molecule has 0 unspecified atom stereocenters. The number of hydrogen-bond donors (Lipinski definition) is 0. The Morgan fingerprint density at radius 3 is 2.44 bits per heavy atom. The van der Waals surface area contributed by atoms with E-state index in [1.165, 1.54) is 16.8 Å². The summed E-state index contributed by atoms with van der Waals surface area (Å²) in [5.74, 6) is -0.919. The summed E-state index contributed by atoms with van der Waals surface area (Å²) in [6.07, 6.45) is -4.55. The second-order valence-electron chi connectivity index (χ2n) is 3.10. The van der Waals surface area contributed by atoms with E-state index in [0.29, 0.717) is 11.8 Å². The van der Waals surface area contributed by atoms with Crippen LogP contribution in [-0.4, -0.2) is 4.98 Å². The van der Waals surface area contributed by atoms with Gasteiger partial charge in [-0.1, -0.05) is 0 Å². The molecule has 0 aliphatic rings. The van der Waals surface area contributed by atoms with Crippen molar-refractivity contribution in [2.24, 2.45) is 0 Å². The van der Waals surface area contributed by atoms with E-state index in [1.54, 1.807) is 5.38 Å². The van der Waals surface area contributed by atoms with Crippen LogP contribution in [0.3, 0.4) is 0 Å². The lowest BCUT2D eigenvalue weighted by Gasteiger charge is -2.08. The van der Waals surface area contributed by atoms with Gasteiger partial charge in [0.1, 0.15) is 5.82 Å². The second kappa shape index (κ2) is 3.86. The molecule has 0 fully saturated rings. The summed E-state index contributed by atoms with van der Waals surface area (Å²) in [5.41, 5.74) is 0.951. The first kappa shape index (κ1) is 11.1. The van der Waals surface area contributed by atoms with Gasteiger partial charge in [-0.15, -0.1) is 11.3 Å². The zero-order valence-corrected chi connectivity index (χ0v) is 8.57. The smallest absolute Gasteiger partial charge is 0.245 e. The molecule has 0 spiro atoms. The van der Waals surface area contributed by atoms with Crippen LogP contribution in [0.2, 0.25) is 0 Å². The van der Waals surface area contributed by atoms with Crippen molar-refractivity contribution in [2.75, 3.05) is 0 Å². The third-order valence-corrected chi connectivity index (χ3v) is 2.54. The lowest BCUT2D eigenvalue weighted by atomic mass is 10.1. The van der Waals surface area contributed by atoms with Crippen LogP contribution in [0.15, 0.2) is 29.1 Å². The van der Waals surface area contributed by atoms with Crippen LogP contribution in [0.4, 0.5) is 17.6 Å². The molecule has 84 valence electrons. The Labute approximate surface area is 92.4 Å². The monoisotopic (exact) mass is 247 g/mol. The molecule has 0 N–H and O–H groups in total. The van der Waals surface area contributed by atoms with Crippen LogP contribution in [0.1, 0.15) is 5.56 Å². The fourth-order valence-corrected chi connectivity index (χ4v) is 1.82. The van der Waals surface area contributed by atoms with Crippen LogP contribution >= 0.6 is 11.3 Å². The molecule has 1 aromatic carbocycles. The molecule has 1 heterocycles. The fourth-order valence-electron chi connectivity index (χ4n) is 1.26. The quantitative estimate of drug-likeness (QED) is 0.695. The number of nitrogens with zero attached hydrogens (tertiary/aromatic N) is 1. The molecule has 2 rings (SSSR count). The SMILES string of the molecule is Fc1cc(-c2cscn2)cc(C(F)(F)F)c1. The molecular weight excluding hydrogens is 242 g/mol. The molecule has 0 aliphatic carbocycles. The van der Waals surface area contributed by atoms with Crippen LogP contribution in [0.25, 0.3) is 11.3 Å². The molecular formula is C10H5F4NS. The van der Waals surface area contributed by atoms with Crippen molar-refractivity contribution in [3.63, 3.8) is 0 Å². The van der Waals surface area contributed by atoms with E-state index < -0.39 is 17.6 Å². The molecule has 0 amide bonds. The molecule has 0 aliphatic heterocycles. The highest BCUT2D eigenvalue weighted by Gasteiger charge is 2.31. The number of rotatable bonds is 1. The lowest BCUT2D eigenvalue weighted by Crippen LogP contribution is -2.05. The van der Waals surface area contributed by atoms with Crippen LogP contribution in [0, 0.1) is 5.82 Å². The highest BCUT2D eigenvalue weighted by atomic mass is 32.1. The maximum absolute atomic E-state index is 13.0. The van der Waals surface area contributed by atoms with E-state index in [9.17, 15) is 17.6 Å². The van der Waals surface area contributed by atoms with Crippen molar-refractivity contribution in [3.05, 3.63) is 40.5 Å². The summed E-state index contributed by atoms with van der Waals surface area (Å²) in [7, 11) is 0. The molecule has 0 saturated carbocycles. The zero-order chi connectivity index (χ0) is 11.8. The number of alkyl halides is 3. The molecule has 2 aromatic rings. The molecule has 1 nitrogen and oxygen atoms in total. The molecule has 6 heteroatoms. The highest BCUT2D eigenvalue weighted by molar-refractivity contribution is 7.07. The third-order valence-electron chi connectivity index (χ3n) is 1.95. The fraction of sp³-hybridized carbons (Fsp3) is 0.100. The van der Waals surface area contributed by atoms with Gasteiger partial charge < -0.3 is 0 Å². The van der Waals surface area contributed by atoms with Crippen molar-refractivity contribution in [1.82, 2.24) is 4.98 Å². The van der Waals surface area contributed by atoms with Crippen molar-refractivity contribution in [2.45, 2.75) is 6.18 Å². The van der Waals surface area contributed by atoms with Gasteiger partial charge in [0.2, 0.25) is 0 Å². The van der Waals surface area contributed by atoms with Gasteiger partial charge in [-0.05, 0) is 18.2 Å². The van der Waals surface area contributed by atoms with Crippen LogP contribution < -0.4 is 0 Å². The minimum Gasteiger partial charge on any atom is -0.245 e. The molecule has 0 saturated heterocycles. The maximum atomic E-state index is 13.0. The normalized spacial score (nSPS) is 11.8. The number of thiazole rings is 1. The van der Waals surface area contributed by atoms with Gasteiger partial charge in [0.05, 0.1) is 16.8 Å². The number of benzene rings is 1. The average molecular weight is 247 g/mol. The Morgan fingerprint density at radius 2 is 1.88 bits per heavy atom. The summed E-state index contributed by atoms with van der Waals surface area (Å²) < 4.78 is 50.2. The van der Waals surface area contributed by atoms with Gasteiger partial charge in [0, 0.05) is 10.9 Å². The van der Waals surface area contributed by atoms with Crippen molar-refractivity contribution < 1.29 is 17.6 Å². The standard InChI is InChI=1S/C10H5F4NS/c11-8-2-6(9-4-16-5-15-9)1-7(3-8)10(12,13)14/h1-5H.